The molecule has 0 radical (unpaired) electrons. The highest BCUT2D eigenvalue weighted by Gasteiger charge is 2.16. The molecule has 1 amide bonds. The number of hydrogen-bond donors (Lipinski definition) is 1. The average molecular weight is 352 g/mol. The molecule has 1 atom stereocenters. The topological polar surface area (TPSA) is 86.0 Å². The summed E-state index contributed by atoms with van der Waals surface area (Å²) in [5, 5.41) is 3.17. The molecule has 0 fully saturated rings. The standard InChI is InChI=1S/C19H20N4O3/c1-11-5-7-13(8-6-11)12(2)20-17(24)15-10-9-14-16(21-15)22(3)19(26)23(4)18(14)25/h5-10,12H,1-4H3,(H,20,24). The fourth-order valence-electron chi connectivity index (χ4n) is 2.79. The van der Waals surface area contributed by atoms with Gasteiger partial charge in [0.05, 0.1) is 11.4 Å². The summed E-state index contributed by atoms with van der Waals surface area (Å²) in [7, 11) is 2.93. The molecular formula is C19H20N4O3. The van der Waals surface area contributed by atoms with Gasteiger partial charge in [0.25, 0.3) is 11.5 Å². The van der Waals surface area contributed by atoms with Gasteiger partial charge in [-0.2, -0.15) is 0 Å². The molecule has 0 aliphatic heterocycles. The number of hydrogen-bond acceptors (Lipinski definition) is 4. The highest BCUT2D eigenvalue weighted by Crippen LogP contribution is 2.14. The lowest BCUT2D eigenvalue weighted by atomic mass is 10.1. The summed E-state index contributed by atoms with van der Waals surface area (Å²) in [6.07, 6.45) is 0. The van der Waals surface area contributed by atoms with Gasteiger partial charge in [0.15, 0.2) is 0 Å². The maximum atomic E-state index is 12.5. The van der Waals surface area contributed by atoms with E-state index in [-0.39, 0.29) is 28.7 Å². The molecule has 26 heavy (non-hydrogen) atoms. The van der Waals surface area contributed by atoms with E-state index in [0.29, 0.717) is 0 Å². The Kier molecular flexibility index (Phi) is 4.46. The number of benzene rings is 1. The number of aryl methyl sites for hydroxylation is 2. The highest BCUT2D eigenvalue weighted by atomic mass is 16.2. The Balaban J connectivity index is 1.95. The number of nitrogens with one attached hydrogen (secondary N) is 1. The quantitative estimate of drug-likeness (QED) is 0.773. The zero-order valence-electron chi connectivity index (χ0n) is 15.1. The van der Waals surface area contributed by atoms with E-state index in [4.69, 9.17) is 0 Å². The van der Waals surface area contributed by atoms with Crippen molar-refractivity contribution in [1.29, 1.82) is 0 Å². The fraction of sp³-hybridized carbons (Fsp3) is 0.263. The monoisotopic (exact) mass is 352 g/mol. The summed E-state index contributed by atoms with van der Waals surface area (Å²) in [4.78, 5) is 41.0. The molecule has 134 valence electrons. The molecule has 1 N–H and O–H groups in total. The van der Waals surface area contributed by atoms with E-state index < -0.39 is 11.2 Å². The highest BCUT2D eigenvalue weighted by molar-refractivity contribution is 5.94. The van der Waals surface area contributed by atoms with Crippen LogP contribution in [0, 0.1) is 6.92 Å². The molecule has 2 heterocycles. The summed E-state index contributed by atoms with van der Waals surface area (Å²) >= 11 is 0. The number of carbonyl (C=O) groups is 1. The molecule has 0 saturated carbocycles. The van der Waals surface area contributed by atoms with E-state index in [1.807, 2.05) is 38.1 Å². The van der Waals surface area contributed by atoms with E-state index in [9.17, 15) is 14.4 Å². The van der Waals surface area contributed by atoms with Gasteiger partial charge < -0.3 is 5.32 Å². The molecule has 7 heteroatoms. The molecule has 0 aliphatic carbocycles. The van der Waals surface area contributed by atoms with Crippen LogP contribution in [0.4, 0.5) is 0 Å². The van der Waals surface area contributed by atoms with Crippen molar-refractivity contribution < 1.29 is 4.79 Å². The first-order chi connectivity index (χ1) is 12.3. The van der Waals surface area contributed by atoms with Gasteiger partial charge in [-0.1, -0.05) is 29.8 Å². The summed E-state index contributed by atoms with van der Waals surface area (Å²) in [5.74, 6) is -0.367. The van der Waals surface area contributed by atoms with Crippen molar-refractivity contribution in [1.82, 2.24) is 19.4 Å². The number of aromatic nitrogens is 3. The van der Waals surface area contributed by atoms with Gasteiger partial charge in [-0.05, 0) is 31.5 Å². The largest absolute Gasteiger partial charge is 0.344 e. The van der Waals surface area contributed by atoms with E-state index in [1.165, 1.54) is 30.8 Å². The van der Waals surface area contributed by atoms with Gasteiger partial charge >= 0.3 is 5.69 Å². The van der Waals surface area contributed by atoms with Gasteiger partial charge in [0.2, 0.25) is 0 Å². The Bertz CT molecular complexity index is 1110. The molecule has 0 spiro atoms. The lowest BCUT2D eigenvalue weighted by molar-refractivity contribution is 0.0935. The molecule has 0 aliphatic rings. The second kappa shape index (κ2) is 6.59. The van der Waals surface area contributed by atoms with E-state index in [1.54, 1.807) is 0 Å². The number of nitrogens with zero attached hydrogens (tertiary/aromatic N) is 3. The third-order valence-corrected chi connectivity index (χ3v) is 4.46. The number of pyridine rings is 1. The molecule has 1 aromatic carbocycles. The van der Waals surface area contributed by atoms with Crippen LogP contribution in [0.2, 0.25) is 0 Å². The molecule has 0 saturated heterocycles. The van der Waals surface area contributed by atoms with Crippen LogP contribution in [-0.4, -0.2) is 20.0 Å². The predicted molar refractivity (Wildman–Crippen MR) is 99.3 cm³/mol. The molecular weight excluding hydrogens is 332 g/mol. The predicted octanol–water partition coefficient (Wildman–Crippen LogP) is 1.43. The van der Waals surface area contributed by atoms with Crippen LogP contribution in [0.15, 0.2) is 46.0 Å². The normalized spacial score (nSPS) is 12.2. The Labute approximate surface area is 149 Å². The van der Waals surface area contributed by atoms with Crippen molar-refractivity contribution in [2.24, 2.45) is 14.1 Å². The van der Waals surface area contributed by atoms with Crippen molar-refractivity contribution in [3.05, 3.63) is 74.1 Å². The van der Waals surface area contributed by atoms with Crippen LogP contribution in [0.3, 0.4) is 0 Å². The van der Waals surface area contributed by atoms with Gasteiger partial charge in [-0.15, -0.1) is 0 Å². The lowest BCUT2D eigenvalue weighted by Gasteiger charge is -2.15. The fourth-order valence-corrected chi connectivity index (χ4v) is 2.79. The Morgan fingerprint density at radius 1 is 1.04 bits per heavy atom. The number of amides is 1. The second-order valence-electron chi connectivity index (χ2n) is 6.38. The summed E-state index contributed by atoms with van der Waals surface area (Å²) < 4.78 is 2.28. The van der Waals surface area contributed by atoms with Crippen LogP contribution in [0.25, 0.3) is 11.0 Å². The van der Waals surface area contributed by atoms with Gasteiger partial charge in [0.1, 0.15) is 11.3 Å². The zero-order chi connectivity index (χ0) is 19.0. The molecule has 7 nitrogen and oxygen atoms in total. The van der Waals surface area contributed by atoms with Crippen molar-refractivity contribution >= 4 is 16.9 Å². The maximum absolute atomic E-state index is 12.5. The molecule has 1 unspecified atom stereocenters. The lowest BCUT2D eigenvalue weighted by Crippen LogP contribution is -2.37. The third-order valence-electron chi connectivity index (χ3n) is 4.46. The first-order valence-electron chi connectivity index (χ1n) is 8.24. The first kappa shape index (κ1) is 17.6. The van der Waals surface area contributed by atoms with Crippen molar-refractivity contribution in [2.45, 2.75) is 19.9 Å². The Hall–Kier alpha value is -3.22. The number of carbonyl (C=O) groups excluding carboxylic acids is 1. The van der Waals surface area contributed by atoms with Crippen molar-refractivity contribution in [2.75, 3.05) is 0 Å². The molecule has 3 aromatic rings. The van der Waals surface area contributed by atoms with E-state index >= 15 is 0 Å². The minimum atomic E-state index is -0.486. The minimum absolute atomic E-state index is 0.153. The third kappa shape index (κ3) is 3.03. The van der Waals surface area contributed by atoms with Gasteiger partial charge in [0, 0.05) is 14.1 Å². The van der Waals surface area contributed by atoms with Gasteiger partial charge in [-0.25, -0.2) is 9.78 Å². The summed E-state index contributed by atoms with van der Waals surface area (Å²) in [5.41, 5.74) is 1.54. The van der Waals surface area contributed by atoms with E-state index in [0.717, 1.165) is 15.7 Å². The second-order valence-corrected chi connectivity index (χ2v) is 6.38. The van der Waals surface area contributed by atoms with Crippen LogP contribution in [-0.2, 0) is 14.1 Å². The number of fused-ring (bicyclic) bond motifs is 1. The summed E-state index contributed by atoms with van der Waals surface area (Å²) in [6, 6.07) is 10.7. The van der Waals surface area contributed by atoms with Crippen LogP contribution < -0.4 is 16.6 Å². The molecule has 3 rings (SSSR count). The van der Waals surface area contributed by atoms with E-state index in [2.05, 4.69) is 10.3 Å². The number of rotatable bonds is 3. The van der Waals surface area contributed by atoms with Crippen LogP contribution in [0.5, 0.6) is 0 Å². The Morgan fingerprint density at radius 2 is 1.69 bits per heavy atom. The maximum Gasteiger partial charge on any atom is 0.332 e. The van der Waals surface area contributed by atoms with Gasteiger partial charge in [-0.3, -0.25) is 18.7 Å². The first-order valence-corrected chi connectivity index (χ1v) is 8.24. The zero-order valence-corrected chi connectivity index (χ0v) is 15.1. The molecule has 0 bridgehead atoms. The van der Waals surface area contributed by atoms with Crippen LogP contribution >= 0.6 is 0 Å². The van der Waals surface area contributed by atoms with Crippen LogP contribution in [0.1, 0.15) is 34.6 Å². The molecule has 2 aromatic heterocycles. The summed E-state index contributed by atoms with van der Waals surface area (Å²) in [6.45, 7) is 3.88. The Morgan fingerprint density at radius 3 is 2.35 bits per heavy atom. The van der Waals surface area contributed by atoms with Crippen molar-refractivity contribution in [3.63, 3.8) is 0 Å². The minimum Gasteiger partial charge on any atom is -0.344 e. The smallest absolute Gasteiger partial charge is 0.332 e. The SMILES string of the molecule is Cc1ccc(C(C)NC(=O)c2ccc3c(=O)n(C)c(=O)n(C)c3n2)cc1. The average Bonchev–Trinajstić information content (AvgIpc) is 2.64. The van der Waals surface area contributed by atoms with Crippen molar-refractivity contribution in [3.8, 4) is 0 Å².